The van der Waals surface area contributed by atoms with Crippen LogP contribution >= 0.6 is 15.9 Å². The predicted molar refractivity (Wildman–Crippen MR) is 63.2 cm³/mol. The molecule has 1 unspecified atom stereocenters. The Morgan fingerprint density at radius 2 is 2.31 bits per heavy atom. The summed E-state index contributed by atoms with van der Waals surface area (Å²) in [7, 11) is 1.59. The van der Waals surface area contributed by atoms with Crippen molar-refractivity contribution in [1.29, 1.82) is 0 Å². The fourth-order valence-electron chi connectivity index (χ4n) is 1.49. The minimum Gasteiger partial charge on any atom is -0.495 e. The Kier molecular flexibility index (Phi) is 3.26. The molecule has 0 aliphatic rings. The number of halogens is 1. The van der Waals surface area contributed by atoms with E-state index in [4.69, 9.17) is 14.9 Å². The topological polar surface area (TPSA) is 61.3 Å². The van der Waals surface area contributed by atoms with Crippen LogP contribution in [0.15, 0.2) is 39.7 Å². The molecular formula is C11H11BrN2O2. The normalized spacial score (nSPS) is 12.4. The highest BCUT2D eigenvalue weighted by Crippen LogP contribution is 2.31. The van der Waals surface area contributed by atoms with E-state index in [1.807, 2.05) is 12.1 Å². The van der Waals surface area contributed by atoms with E-state index in [0.29, 0.717) is 11.5 Å². The highest BCUT2D eigenvalue weighted by atomic mass is 79.9. The lowest BCUT2D eigenvalue weighted by Crippen LogP contribution is -2.12. The van der Waals surface area contributed by atoms with E-state index >= 15 is 0 Å². The van der Waals surface area contributed by atoms with Gasteiger partial charge in [-0.3, -0.25) is 4.98 Å². The van der Waals surface area contributed by atoms with Crippen LogP contribution in [0.4, 0.5) is 0 Å². The van der Waals surface area contributed by atoms with Crippen LogP contribution in [0.2, 0.25) is 0 Å². The van der Waals surface area contributed by atoms with Gasteiger partial charge in [-0.1, -0.05) is 0 Å². The molecule has 0 bridgehead atoms. The number of hydrogen-bond donors (Lipinski definition) is 1. The third kappa shape index (κ3) is 1.96. The molecule has 0 aliphatic heterocycles. The largest absolute Gasteiger partial charge is 0.495 e. The molecule has 5 heteroatoms. The molecule has 2 aromatic heterocycles. The third-order valence-corrected chi connectivity index (χ3v) is 2.95. The standard InChI is InChI=1S/C11H11BrN2O2/c1-15-9-6-14-4-2-7(9)10(13)11-8(12)3-5-16-11/h2-6,10H,13H2,1H3. The maximum absolute atomic E-state index is 6.11. The first-order valence-electron chi connectivity index (χ1n) is 4.70. The summed E-state index contributed by atoms with van der Waals surface area (Å²) in [6.45, 7) is 0. The molecule has 4 nitrogen and oxygen atoms in total. The second kappa shape index (κ2) is 4.67. The fraction of sp³-hybridized carbons (Fsp3) is 0.182. The van der Waals surface area contributed by atoms with Crippen molar-refractivity contribution in [3.05, 3.63) is 46.6 Å². The maximum Gasteiger partial charge on any atom is 0.142 e. The van der Waals surface area contributed by atoms with Crippen molar-refractivity contribution in [2.24, 2.45) is 5.73 Å². The monoisotopic (exact) mass is 282 g/mol. The fourth-order valence-corrected chi connectivity index (χ4v) is 1.93. The molecule has 2 aromatic rings. The van der Waals surface area contributed by atoms with Gasteiger partial charge < -0.3 is 14.9 Å². The van der Waals surface area contributed by atoms with Gasteiger partial charge in [0.05, 0.1) is 30.1 Å². The molecule has 16 heavy (non-hydrogen) atoms. The van der Waals surface area contributed by atoms with Gasteiger partial charge in [-0.25, -0.2) is 0 Å². The maximum atomic E-state index is 6.11. The number of ether oxygens (including phenoxy) is 1. The first-order chi connectivity index (χ1) is 7.74. The van der Waals surface area contributed by atoms with Gasteiger partial charge in [0.1, 0.15) is 11.5 Å². The highest BCUT2D eigenvalue weighted by Gasteiger charge is 2.19. The van der Waals surface area contributed by atoms with Gasteiger partial charge in [0, 0.05) is 11.8 Å². The zero-order valence-electron chi connectivity index (χ0n) is 8.68. The summed E-state index contributed by atoms with van der Waals surface area (Å²) in [5.74, 6) is 1.32. The van der Waals surface area contributed by atoms with Gasteiger partial charge in [-0.05, 0) is 28.1 Å². The number of rotatable bonds is 3. The molecule has 0 saturated carbocycles. The molecule has 0 saturated heterocycles. The third-order valence-electron chi connectivity index (χ3n) is 2.30. The van der Waals surface area contributed by atoms with E-state index in [1.54, 1.807) is 25.8 Å². The number of furan rings is 1. The van der Waals surface area contributed by atoms with Gasteiger partial charge in [-0.15, -0.1) is 0 Å². The van der Waals surface area contributed by atoms with Gasteiger partial charge in [0.25, 0.3) is 0 Å². The first kappa shape index (κ1) is 11.2. The van der Waals surface area contributed by atoms with Crippen molar-refractivity contribution in [2.75, 3.05) is 7.11 Å². The van der Waals surface area contributed by atoms with Gasteiger partial charge in [0.2, 0.25) is 0 Å². The lowest BCUT2D eigenvalue weighted by Gasteiger charge is -2.13. The second-order valence-electron chi connectivity index (χ2n) is 3.23. The van der Waals surface area contributed by atoms with Crippen molar-refractivity contribution < 1.29 is 9.15 Å². The Hall–Kier alpha value is -1.33. The number of aromatic nitrogens is 1. The van der Waals surface area contributed by atoms with E-state index < -0.39 is 0 Å². The zero-order valence-corrected chi connectivity index (χ0v) is 10.3. The summed E-state index contributed by atoms with van der Waals surface area (Å²) < 4.78 is 11.4. The molecular weight excluding hydrogens is 272 g/mol. The number of nitrogens with zero attached hydrogens (tertiary/aromatic N) is 1. The van der Waals surface area contributed by atoms with Crippen molar-refractivity contribution in [3.63, 3.8) is 0 Å². The summed E-state index contributed by atoms with van der Waals surface area (Å²) in [4.78, 5) is 3.98. The van der Waals surface area contributed by atoms with Crippen molar-refractivity contribution in [1.82, 2.24) is 4.98 Å². The summed E-state index contributed by atoms with van der Waals surface area (Å²) in [6.07, 6.45) is 4.90. The quantitative estimate of drug-likeness (QED) is 0.940. The van der Waals surface area contributed by atoms with Crippen LogP contribution < -0.4 is 10.5 Å². The van der Waals surface area contributed by atoms with E-state index in [0.717, 1.165) is 10.0 Å². The Morgan fingerprint density at radius 1 is 1.50 bits per heavy atom. The Labute approximate surface area is 102 Å². The minimum atomic E-state index is -0.373. The molecule has 0 fully saturated rings. The number of hydrogen-bond acceptors (Lipinski definition) is 4. The molecule has 1 atom stereocenters. The lowest BCUT2D eigenvalue weighted by molar-refractivity contribution is 0.401. The van der Waals surface area contributed by atoms with Crippen LogP contribution in [0.1, 0.15) is 17.4 Å². The zero-order chi connectivity index (χ0) is 11.5. The lowest BCUT2D eigenvalue weighted by atomic mass is 10.1. The average molecular weight is 283 g/mol. The molecule has 84 valence electrons. The van der Waals surface area contributed by atoms with Gasteiger partial charge in [-0.2, -0.15) is 0 Å². The van der Waals surface area contributed by atoms with Gasteiger partial charge in [0.15, 0.2) is 0 Å². The number of methoxy groups -OCH3 is 1. The Bertz CT molecular complexity index is 484. The van der Waals surface area contributed by atoms with Gasteiger partial charge >= 0.3 is 0 Å². The summed E-state index contributed by atoms with van der Waals surface area (Å²) in [5.41, 5.74) is 6.95. The van der Waals surface area contributed by atoms with Crippen LogP contribution in [-0.2, 0) is 0 Å². The van der Waals surface area contributed by atoms with Crippen LogP contribution in [-0.4, -0.2) is 12.1 Å². The van der Waals surface area contributed by atoms with Crippen LogP contribution in [0.3, 0.4) is 0 Å². The SMILES string of the molecule is COc1cnccc1C(N)c1occc1Br. The molecule has 0 amide bonds. The molecule has 0 aliphatic carbocycles. The summed E-state index contributed by atoms with van der Waals surface area (Å²) >= 11 is 3.38. The van der Waals surface area contributed by atoms with Crippen LogP contribution in [0, 0.1) is 0 Å². The van der Waals surface area contributed by atoms with E-state index in [2.05, 4.69) is 20.9 Å². The first-order valence-corrected chi connectivity index (χ1v) is 5.49. The molecule has 0 aromatic carbocycles. The second-order valence-corrected chi connectivity index (χ2v) is 4.08. The Balaban J connectivity index is 2.41. The van der Waals surface area contributed by atoms with E-state index in [-0.39, 0.29) is 6.04 Å². The van der Waals surface area contributed by atoms with Crippen molar-refractivity contribution in [3.8, 4) is 5.75 Å². The van der Waals surface area contributed by atoms with Crippen LogP contribution in [0.25, 0.3) is 0 Å². The molecule has 2 heterocycles. The van der Waals surface area contributed by atoms with E-state index in [1.165, 1.54) is 0 Å². The van der Waals surface area contributed by atoms with Crippen LogP contribution in [0.5, 0.6) is 5.75 Å². The molecule has 0 radical (unpaired) electrons. The predicted octanol–water partition coefficient (Wildman–Crippen LogP) is 2.49. The van der Waals surface area contributed by atoms with E-state index in [9.17, 15) is 0 Å². The molecule has 2 N–H and O–H groups in total. The molecule has 2 rings (SSSR count). The Morgan fingerprint density at radius 3 is 2.94 bits per heavy atom. The van der Waals surface area contributed by atoms with Crippen molar-refractivity contribution >= 4 is 15.9 Å². The highest BCUT2D eigenvalue weighted by molar-refractivity contribution is 9.10. The van der Waals surface area contributed by atoms with Crippen molar-refractivity contribution in [2.45, 2.75) is 6.04 Å². The molecule has 0 spiro atoms. The smallest absolute Gasteiger partial charge is 0.142 e. The number of pyridine rings is 1. The average Bonchev–Trinajstić information content (AvgIpc) is 2.74. The number of nitrogens with two attached hydrogens (primary N) is 1. The summed E-state index contributed by atoms with van der Waals surface area (Å²) in [6, 6.07) is 3.25. The minimum absolute atomic E-state index is 0.373. The summed E-state index contributed by atoms with van der Waals surface area (Å²) in [5, 5.41) is 0.